The molecule has 3 atom stereocenters. The van der Waals surface area contributed by atoms with Gasteiger partial charge in [-0.3, -0.25) is 9.59 Å². The highest BCUT2D eigenvalue weighted by Gasteiger charge is 2.51. The molecule has 2 fully saturated rings. The van der Waals surface area contributed by atoms with Crippen molar-refractivity contribution < 1.29 is 27.5 Å². The number of rotatable bonds is 11. The predicted octanol–water partition coefficient (Wildman–Crippen LogP) is 0.243. The Kier molecular flexibility index (Phi) is 7.88. The maximum absolute atomic E-state index is 12.2. The van der Waals surface area contributed by atoms with Crippen LogP contribution in [-0.2, 0) is 24.2 Å². The normalized spacial score (nSPS) is 25.4. The van der Waals surface area contributed by atoms with Gasteiger partial charge in [0.25, 0.3) is 0 Å². The zero-order chi connectivity index (χ0) is 19.9. The van der Waals surface area contributed by atoms with E-state index in [0.29, 0.717) is 38.6 Å². The predicted molar refractivity (Wildman–Crippen MR) is 98.8 cm³/mol. The summed E-state index contributed by atoms with van der Waals surface area (Å²) in [7, 11) is -1.85. The molecule has 10 heteroatoms. The van der Waals surface area contributed by atoms with Crippen LogP contribution in [0.15, 0.2) is 0 Å². The third kappa shape index (κ3) is 6.37. The summed E-state index contributed by atoms with van der Waals surface area (Å²) >= 11 is 0. The van der Waals surface area contributed by atoms with Crippen LogP contribution in [0.3, 0.4) is 0 Å². The van der Waals surface area contributed by atoms with Crippen molar-refractivity contribution in [3.8, 4) is 0 Å². The average molecular weight is 404 g/mol. The maximum Gasteiger partial charge on any atom is 0.315 e. The molecule has 0 bridgehead atoms. The number of hydrogen-bond acceptors (Lipinski definition) is 6. The summed E-state index contributed by atoms with van der Waals surface area (Å²) in [5, 5.41) is 7.59. The number of carbonyl (C=O) groups is 3. The minimum absolute atomic E-state index is 0.0163. The van der Waals surface area contributed by atoms with Crippen molar-refractivity contribution in [3.63, 3.8) is 0 Å². The summed E-state index contributed by atoms with van der Waals surface area (Å²) in [6.07, 6.45) is 4.82. The van der Waals surface area contributed by atoms with Crippen LogP contribution < -0.4 is 16.0 Å². The largest absolute Gasteiger partial charge is 0.469 e. The maximum atomic E-state index is 12.2. The topological polar surface area (TPSA) is 131 Å². The van der Waals surface area contributed by atoms with E-state index >= 15 is 0 Å². The van der Waals surface area contributed by atoms with Crippen LogP contribution in [0.25, 0.3) is 0 Å². The van der Waals surface area contributed by atoms with Gasteiger partial charge in [-0.05, 0) is 25.7 Å². The number of fused-ring (bicyclic) bond motifs is 1. The van der Waals surface area contributed by atoms with Crippen LogP contribution in [0.5, 0.6) is 0 Å². The molecule has 154 valence electrons. The highest BCUT2D eigenvalue weighted by atomic mass is 32.2. The molecule has 0 aromatic heterocycles. The Morgan fingerprint density at radius 1 is 1.11 bits per heavy atom. The molecule has 2 aliphatic heterocycles. The Morgan fingerprint density at radius 2 is 1.85 bits per heavy atom. The summed E-state index contributed by atoms with van der Waals surface area (Å²) < 4.78 is 29.0. The lowest BCUT2D eigenvalue weighted by molar-refractivity contribution is -0.140. The minimum atomic E-state index is -3.21. The molecule has 3 amide bonds. The Balaban J connectivity index is 1.55. The molecule has 2 heterocycles. The van der Waals surface area contributed by atoms with Crippen LogP contribution in [0.2, 0.25) is 0 Å². The van der Waals surface area contributed by atoms with Crippen molar-refractivity contribution in [2.75, 3.05) is 19.4 Å². The average Bonchev–Trinajstić information content (AvgIpc) is 3.06. The number of methoxy groups -OCH3 is 1. The molecule has 2 rings (SSSR count). The van der Waals surface area contributed by atoms with E-state index in [0.717, 1.165) is 19.3 Å². The monoisotopic (exact) mass is 403 g/mol. The van der Waals surface area contributed by atoms with Gasteiger partial charge < -0.3 is 20.7 Å². The lowest BCUT2D eigenvalue weighted by Crippen LogP contribution is -2.39. The van der Waals surface area contributed by atoms with Crippen LogP contribution >= 0.6 is 0 Å². The second kappa shape index (κ2) is 9.91. The summed E-state index contributed by atoms with van der Waals surface area (Å²) in [5.74, 6) is -0.286. The first-order chi connectivity index (χ1) is 12.8. The van der Waals surface area contributed by atoms with E-state index in [1.165, 1.54) is 7.11 Å². The first-order valence-corrected chi connectivity index (χ1v) is 11.2. The number of unbranched alkanes of at least 4 members (excludes halogenated alkanes) is 3. The molecule has 0 aromatic rings. The van der Waals surface area contributed by atoms with Crippen molar-refractivity contribution >= 4 is 27.7 Å². The van der Waals surface area contributed by atoms with Gasteiger partial charge in [-0.1, -0.05) is 12.8 Å². The Hall–Kier alpha value is -1.84. The highest BCUT2D eigenvalue weighted by Crippen LogP contribution is 2.28. The van der Waals surface area contributed by atoms with Crippen molar-refractivity contribution in [3.05, 3.63) is 0 Å². The molecular weight excluding hydrogens is 374 g/mol. The van der Waals surface area contributed by atoms with Crippen LogP contribution in [-0.4, -0.2) is 63.1 Å². The van der Waals surface area contributed by atoms with Gasteiger partial charge in [0.2, 0.25) is 5.91 Å². The quantitative estimate of drug-likeness (QED) is 0.257. The van der Waals surface area contributed by atoms with E-state index in [1.807, 2.05) is 0 Å². The highest BCUT2D eigenvalue weighted by molar-refractivity contribution is 7.92. The van der Waals surface area contributed by atoms with Crippen molar-refractivity contribution in [1.29, 1.82) is 0 Å². The van der Waals surface area contributed by atoms with Gasteiger partial charge in [0.05, 0.1) is 30.2 Å². The number of nitrogens with one attached hydrogen (secondary N) is 3. The number of esters is 1. The fraction of sp³-hybridized carbons (Fsp3) is 0.824. The fourth-order valence-electron chi connectivity index (χ4n) is 3.63. The van der Waals surface area contributed by atoms with Crippen molar-refractivity contribution in [2.45, 2.75) is 68.7 Å². The lowest BCUT2D eigenvalue weighted by Gasteiger charge is -2.16. The van der Waals surface area contributed by atoms with E-state index in [-0.39, 0.29) is 35.7 Å². The molecule has 0 spiro atoms. The lowest BCUT2D eigenvalue weighted by atomic mass is 10.0. The number of carbonyl (C=O) groups excluding carboxylic acids is 3. The van der Waals surface area contributed by atoms with Gasteiger partial charge in [0, 0.05) is 19.4 Å². The van der Waals surface area contributed by atoms with Gasteiger partial charge in [-0.15, -0.1) is 0 Å². The Bertz CT molecular complexity index is 651. The second-order valence-electron chi connectivity index (χ2n) is 7.10. The molecule has 0 unspecified atom stereocenters. The van der Waals surface area contributed by atoms with Gasteiger partial charge in [0.1, 0.15) is 0 Å². The Morgan fingerprint density at radius 3 is 2.59 bits per heavy atom. The van der Waals surface area contributed by atoms with Gasteiger partial charge in [-0.25, -0.2) is 13.2 Å². The second-order valence-corrected chi connectivity index (χ2v) is 9.37. The SMILES string of the molecule is COC(=O)CCCCCNC(=O)CCCC[C@H]1[C@H]2NC(=O)N[C@H]2CS1(=O)=O. The third-order valence-electron chi connectivity index (χ3n) is 5.07. The van der Waals surface area contributed by atoms with Gasteiger partial charge in [0.15, 0.2) is 9.84 Å². The molecule has 0 aromatic carbocycles. The zero-order valence-corrected chi connectivity index (χ0v) is 16.5. The Labute approximate surface area is 159 Å². The number of sulfone groups is 1. The molecule has 3 N–H and O–H groups in total. The first kappa shape index (κ1) is 21.5. The van der Waals surface area contributed by atoms with E-state index in [2.05, 4.69) is 20.7 Å². The van der Waals surface area contributed by atoms with Crippen LogP contribution in [0, 0.1) is 0 Å². The van der Waals surface area contributed by atoms with E-state index < -0.39 is 15.1 Å². The molecule has 0 saturated carbocycles. The number of urea groups is 1. The summed E-state index contributed by atoms with van der Waals surface area (Å²) in [6.45, 7) is 0.568. The van der Waals surface area contributed by atoms with E-state index in [1.54, 1.807) is 0 Å². The standard InChI is InChI=1S/C17H29N3O6S/c1-26-15(22)9-3-2-6-10-18-14(21)8-5-4-7-13-16-12(11-27(13,24)25)19-17(23)20-16/h12-13,16H,2-11H2,1H3,(H,18,21)(H2,19,20,23)/t12-,13-,16-/m0/s1. The summed E-state index contributed by atoms with van der Waals surface area (Å²) in [6, 6.07) is -1.01. The molecule has 2 aliphatic rings. The molecular formula is C17H29N3O6S. The third-order valence-corrected chi connectivity index (χ3v) is 7.35. The summed E-state index contributed by atoms with van der Waals surface area (Å²) in [4.78, 5) is 34.1. The smallest absolute Gasteiger partial charge is 0.315 e. The van der Waals surface area contributed by atoms with Gasteiger partial charge >= 0.3 is 12.0 Å². The van der Waals surface area contributed by atoms with Gasteiger partial charge in [-0.2, -0.15) is 0 Å². The number of amides is 3. The molecule has 0 aliphatic carbocycles. The zero-order valence-electron chi connectivity index (χ0n) is 15.7. The number of hydrogen-bond donors (Lipinski definition) is 3. The molecule has 9 nitrogen and oxygen atoms in total. The molecule has 2 saturated heterocycles. The number of ether oxygens (including phenoxy) is 1. The molecule has 27 heavy (non-hydrogen) atoms. The van der Waals surface area contributed by atoms with E-state index in [4.69, 9.17) is 0 Å². The van der Waals surface area contributed by atoms with Crippen molar-refractivity contribution in [2.24, 2.45) is 0 Å². The fourth-order valence-corrected chi connectivity index (χ4v) is 5.89. The van der Waals surface area contributed by atoms with E-state index in [9.17, 15) is 22.8 Å². The summed E-state index contributed by atoms with van der Waals surface area (Å²) in [5.41, 5.74) is 0. The molecule has 0 radical (unpaired) electrons. The minimum Gasteiger partial charge on any atom is -0.469 e. The van der Waals surface area contributed by atoms with Crippen molar-refractivity contribution in [1.82, 2.24) is 16.0 Å². The van der Waals surface area contributed by atoms with Crippen LogP contribution in [0.1, 0.15) is 51.4 Å². The first-order valence-electron chi connectivity index (χ1n) is 9.45. The van der Waals surface area contributed by atoms with Crippen LogP contribution in [0.4, 0.5) is 4.79 Å².